The van der Waals surface area contributed by atoms with Crippen LogP contribution in [0.15, 0.2) is 51.8 Å². The Morgan fingerprint density at radius 3 is 2.77 bits per heavy atom. The maximum Gasteiger partial charge on any atom is 0.250 e. The van der Waals surface area contributed by atoms with E-state index < -0.39 is 9.84 Å². The lowest BCUT2D eigenvalue weighted by atomic mass is 10.2. The van der Waals surface area contributed by atoms with E-state index in [0.29, 0.717) is 28.2 Å². The van der Waals surface area contributed by atoms with Crippen LogP contribution < -0.4 is 5.32 Å². The predicted molar refractivity (Wildman–Crippen MR) is 97.7 cm³/mol. The van der Waals surface area contributed by atoms with Crippen LogP contribution in [-0.2, 0) is 19.4 Å². The summed E-state index contributed by atoms with van der Waals surface area (Å²) in [6, 6.07) is 11.6. The fraction of sp³-hybridized carbons (Fsp3) is 0.222. The van der Waals surface area contributed by atoms with E-state index in [-0.39, 0.29) is 23.2 Å². The van der Waals surface area contributed by atoms with Crippen LogP contribution in [-0.4, -0.2) is 38.8 Å². The first-order valence-corrected chi connectivity index (χ1v) is 9.60. The molecule has 0 aliphatic rings. The average Bonchev–Trinajstić information content (AvgIpc) is 3.05. The van der Waals surface area contributed by atoms with Gasteiger partial charge in [-0.2, -0.15) is 0 Å². The fourth-order valence-electron chi connectivity index (χ4n) is 2.45. The van der Waals surface area contributed by atoms with Crippen molar-refractivity contribution in [3.63, 3.8) is 0 Å². The van der Waals surface area contributed by atoms with Crippen molar-refractivity contribution in [3.8, 4) is 11.5 Å². The van der Waals surface area contributed by atoms with Crippen molar-refractivity contribution in [2.45, 2.75) is 11.8 Å². The van der Waals surface area contributed by atoms with Gasteiger partial charge in [0.25, 0.3) is 0 Å². The van der Waals surface area contributed by atoms with E-state index in [1.165, 1.54) is 19.2 Å². The molecule has 0 unspecified atom stereocenters. The molecule has 0 bridgehead atoms. The topological polar surface area (TPSA) is 98.5 Å². The molecular formula is C18H18N2O5S. The van der Waals surface area contributed by atoms with E-state index in [9.17, 15) is 13.2 Å². The third kappa shape index (κ3) is 3.76. The fourth-order valence-corrected chi connectivity index (χ4v) is 3.35. The van der Waals surface area contributed by atoms with Gasteiger partial charge >= 0.3 is 0 Å². The summed E-state index contributed by atoms with van der Waals surface area (Å²) in [6.45, 7) is 1.55. The second-order valence-electron chi connectivity index (χ2n) is 5.61. The normalized spacial score (nSPS) is 11.6. The number of nitrogens with one attached hydrogen (secondary N) is 1. The van der Waals surface area contributed by atoms with Gasteiger partial charge in [-0.05, 0) is 36.4 Å². The number of nitrogens with zero attached hydrogens (tertiary/aromatic N) is 1. The highest BCUT2D eigenvalue weighted by Crippen LogP contribution is 2.27. The summed E-state index contributed by atoms with van der Waals surface area (Å²) in [5.74, 6) is 0.0948. The lowest BCUT2D eigenvalue weighted by Gasteiger charge is -2.05. The number of carbonyl (C=O) groups is 1. The molecule has 0 aliphatic heterocycles. The van der Waals surface area contributed by atoms with Gasteiger partial charge in [-0.25, -0.2) is 13.4 Å². The van der Waals surface area contributed by atoms with Gasteiger partial charge in [-0.3, -0.25) is 4.79 Å². The molecule has 0 saturated carbocycles. The summed E-state index contributed by atoms with van der Waals surface area (Å²) in [5.41, 5.74) is 2.20. The number of carbonyl (C=O) groups excluding carboxylic acids is 1. The van der Waals surface area contributed by atoms with Crippen LogP contribution in [0.4, 0.5) is 5.69 Å². The van der Waals surface area contributed by atoms with Gasteiger partial charge in [0, 0.05) is 18.4 Å². The highest BCUT2D eigenvalue weighted by Gasteiger charge is 2.15. The minimum absolute atomic E-state index is 0.0203. The highest BCUT2D eigenvalue weighted by molar-refractivity contribution is 7.91. The number of sulfone groups is 1. The molecule has 1 N–H and O–H groups in total. The maximum atomic E-state index is 12.0. The average molecular weight is 374 g/mol. The predicted octanol–water partition coefficient (Wildman–Crippen LogP) is 2.87. The number of benzene rings is 2. The van der Waals surface area contributed by atoms with Crippen molar-refractivity contribution in [3.05, 3.63) is 42.5 Å². The summed E-state index contributed by atoms with van der Waals surface area (Å²) >= 11 is 0. The number of aromatic nitrogens is 1. The van der Waals surface area contributed by atoms with Crippen molar-refractivity contribution in [1.82, 2.24) is 4.98 Å². The SMILES string of the molecule is CCS(=O)(=O)c1ccc2oc(-c3cccc(NC(=O)COC)c3)nc2c1. The monoisotopic (exact) mass is 374 g/mol. The molecule has 3 rings (SSSR count). The quantitative estimate of drug-likeness (QED) is 0.712. The van der Waals surface area contributed by atoms with E-state index in [4.69, 9.17) is 9.15 Å². The molecule has 7 nitrogen and oxygen atoms in total. The zero-order valence-corrected chi connectivity index (χ0v) is 15.2. The Kier molecular flexibility index (Phi) is 5.06. The molecule has 1 heterocycles. The molecule has 0 radical (unpaired) electrons. The van der Waals surface area contributed by atoms with Gasteiger partial charge in [-0.1, -0.05) is 13.0 Å². The number of rotatable bonds is 6. The van der Waals surface area contributed by atoms with Crippen molar-refractivity contribution in [1.29, 1.82) is 0 Å². The summed E-state index contributed by atoms with van der Waals surface area (Å²) in [7, 11) is -1.87. The van der Waals surface area contributed by atoms with Gasteiger partial charge in [0.05, 0.1) is 10.6 Å². The first kappa shape index (κ1) is 18.1. The van der Waals surface area contributed by atoms with E-state index >= 15 is 0 Å². The van der Waals surface area contributed by atoms with Crippen LogP contribution in [0.1, 0.15) is 6.92 Å². The molecule has 0 spiro atoms. The van der Waals surface area contributed by atoms with Crippen LogP contribution in [0.5, 0.6) is 0 Å². The van der Waals surface area contributed by atoms with Crippen LogP contribution >= 0.6 is 0 Å². The van der Waals surface area contributed by atoms with Gasteiger partial charge in [0.2, 0.25) is 11.8 Å². The van der Waals surface area contributed by atoms with Crippen LogP contribution in [0.2, 0.25) is 0 Å². The zero-order chi connectivity index (χ0) is 18.7. The van der Waals surface area contributed by atoms with Crippen LogP contribution in [0.25, 0.3) is 22.6 Å². The summed E-state index contributed by atoms with van der Waals surface area (Å²) in [4.78, 5) is 16.2. The zero-order valence-electron chi connectivity index (χ0n) is 14.4. The Morgan fingerprint density at radius 2 is 2.04 bits per heavy atom. The number of amides is 1. The van der Waals surface area contributed by atoms with Gasteiger partial charge in [-0.15, -0.1) is 0 Å². The highest BCUT2D eigenvalue weighted by atomic mass is 32.2. The van der Waals surface area contributed by atoms with Crippen molar-refractivity contribution >= 4 is 32.5 Å². The van der Waals surface area contributed by atoms with E-state index in [1.54, 1.807) is 37.3 Å². The Bertz CT molecular complexity index is 1060. The second-order valence-corrected chi connectivity index (χ2v) is 7.89. The van der Waals surface area contributed by atoms with E-state index in [0.717, 1.165) is 0 Å². The maximum absolute atomic E-state index is 12.0. The molecule has 136 valence electrons. The van der Waals surface area contributed by atoms with Crippen molar-refractivity contribution in [2.75, 3.05) is 24.8 Å². The molecule has 2 aromatic carbocycles. The number of anilines is 1. The Hall–Kier alpha value is -2.71. The molecule has 0 fully saturated rings. The molecular weight excluding hydrogens is 356 g/mol. The largest absolute Gasteiger partial charge is 0.436 e. The molecule has 8 heteroatoms. The third-order valence-electron chi connectivity index (χ3n) is 3.77. The molecule has 1 aromatic heterocycles. The number of hydrogen-bond acceptors (Lipinski definition) is 6. The Labute approximate surface area is 150 Å². The Balaban J connectivity index is 1.94. The number of hydrogen-bond donors (Lipinski definition) is 1. The first-order valence-electron chi connectivity index (χ1n) is 7.95. The van der Waals surface area contributed by atoms with Gasteiger partial charge < -0.3 is 14.5 Å². The van der Waals surface area contributed by atoms with Crippen LogP contribution in [0, 0.1) is 0 Å². The number of ether oxygens (including phenoxy) is 1. The van der Waals surface area contributed by atoms with Crippen LogP contribution in [0.3, 0.4) is 0 Å². The molecule has 26 heavy (non-hydrogen) atoms. The number of oxazole rings is 1. The van der Waals surface area contributed by atoms with Crippen molar-refractivity contribution < 1.29 is 22.4 Å². The standard InChI is InChI=1S/C18H18N2O5S/c1-3-26(22,23)14-7-8-16-15(10-14)20-18(25-16)12-5-4-6-13(9-12)19-17(21)11-24-2/h4-10H,3,11H2,1-2H3,(H,19,21). The molecule has 3 aromatic rings. The number of methoxy groups -OCH3 is 1. The van der Waals surface area contributed by atoms with Gasteiger partial charge in [0.15, 0.2) is 15.4 Å². The van der Waals surface area contributed by atoms with E-state index in [2.05, 4.69) is 10.3 Å². The van der Waals surface area contributed by atoms with E-state index in [1.807, 2.05) is 0 Å². The summed E-state index contributed by atoms with van der Waals surface area (Å²) in [6.07, 6.45) is 0. The molecule has 0 atom stereocenters. The summed E-state index contributed by atoms with van der Waals surface area (Å²) in [5, 5.41) is 2.71. The lowest BCUT2D eigenvalue weighted by molar-refractivity contribution is -0.119. The molecule has 0 aliphatic carbocycles. The second kappa shape index (κ2) is 7.27. The summed E-state index contributed by atoms with van der Waals surface area (Å²) < 4.78 is 34.5. The lowest BCUT2D eigenvalue weighted by Crippen LogP contribution is -2.16. The minimum Gasteiger partial charge on any atom is -0.436 e. The smallest absolute Gasteiger partial charge is 0.250 e. The van der Waals surface area contributed by atoms with Crippen molar-refractivity contribution in [2.24, 2.45) is 0 Å². The molecule has 1 amide bonds. The van der Waals surface area contributed by atoms with Gasteiger partial charge in [0.1, 0.15) is 12.1 Å². The first-order chi connectivity index (χ1) is 12.4. The molecule has 0 saturated heterocycles. The minimum atomic E-state index is -3.31. The third-order valence-corrected chi connectivity index (χ3v) is 5.50. The Morgan fingerprint density at radius 1 is 1.23 bits per heavy atom. The number of fused-ring (bicyclic) bond motifs is 1.